The molecule has 1 N–H and O–H groups in total. The topological polar surface area (TPSA) is 107 Å². The predicted octanol–water partition coefficient (Wildman–Crippen LogP) is 3.72. The number of fused-ring (bicyclic) bond motifs is 1. The van der Waals surface area contributed by atoms with E-state index in [-0.39, 0.29) is 19.2 Å². The van der Waals surface area contributed by atoms with E-state index >= 15 is 0 Å². The van der Waals surface area contributed by atoms with E-state index in [1.165, 1.54) is 5.06 Å². The summed E-state index contributed by atoms with van der Waals surface area (Å²) in [7, 11) is 3.14. The molecule has 2 aromatic rings. The van der Waals surface area contributed by atoms with Gasteiger partial charge in [0.15, 0.2) is 11.5 Å². The Morgan fingerprint density at radius 1 is 1.08 bits per heavy atom. The van der Waals surface area contributed by atoms with Gasteiger partial charge in [-0.05, 0) is 48.6 Å². The number of methoxy groups -OCH3 is 2. The lowest BCUT2D eigenvalue weighted by molar-refractivity contribution is -0.188. The lowest BCUT2D eigenvalue weighted by Gasteiger charge is -2.29. The lowest BCUT2D eigenvalue weighted by Crippen LogP contribution is -2.45. The van der Waals surface area contributed by atoms with Crippen LogP contribution in [0.3, 0.4) is 0 Å². The molecule has 1 saturated heterocycles. The fourth-order valence-corrected chi connectivity index (χ4v) is 5.46. The molecule has 39 heavy (non-hydrogen) atoms. The van der Waals surface area contributed by atoms with Gasteiger partial charge in [0, 0.05) is 25.0 Å². The third-order valence-electron chi connectivity index (χ3n) is 7.26. The van der Waals surface area contributed by atoms with E-state index in [2.05, 4.69) is 0 Å². The number of likely N-dealkylation sites (tertiary alicyclic amines) is 1. The fourth-order valence-electron chi connectivity index (χ4n) is 5.46. The van der Waals surface area contributed by atoms with Crippen LogP contribution in [0.5, 0.6) is 23.0 Å². The monoisotopic (exact) mass is 542 g/mol. The number of carbonyl (C=O) groups is 2. The molecule has 0 radical (unpaired) electrons. The summed E-state index contributed by atoms with van der Waals surface area (Å²) in [5, 5.41) is 11.9. The largest absolute Gasteiger partial charge is 0.496 e. The van der Waals surface area contributed by atoms with E-state index in [4.69, 9.17) is 23.8 Å². The summed E-state index contributed by atoms with van der Waals surface area (Å²) >= 11 is 0. The summed E-state index contributed by atoms with van der Waals surface area (Å²) in [5.74, 6) is -0.151. The van der Waals surface area contributed by atoms with Crippen LogP contribution in [-0.2, 0) is 20.8 Å². The van der Waals surface area contributed by atoms with Crippen molar-refractivity contribution in [3.63, 3.8) is 0 Å². The number of carbonyl (C=O) groups excluding carboxylic acids is 1. The smallest absolute Gasteiger partial charge is 0.308 e. The van der Waals surface area contributed by atoms with E-state index in [1.807, 2.05) is 55.1 Å². The quantitative estimate of drug-likeness (QED) is 0.379. The molecule has 1 amide bonds. The maximum absolute atomic E-state index is 13.4. The predicted molar refractivity (Wildman–Crippen MR) is 143 cm³/mol. The first-order chi connectivity index (χ1) is 18.9. The van der Waals surface area contributed by atoms with Crippen molar-refractivity contribution in [1.29, 1.82) is 0 Å². The van der Waals surface area contributed by atoms with Crippen LogP contribution in [0.1, 0.15) is 43.7 Å². The van der Waals surface area contributed by atoms with E-state index in [1.54, 1.807) is 14.2 Å². The van der Waals surface area contributed by atoms with Crippen LogP contribution in [0.25, 0.3) is 0 Å². The zero-order chi connectivity index (χ0) is 27.9. The highest BCUT2D eigenvalue weighted by atomic mass is 16.7. The van der Waals surface area contributed by atoms with Crippen molar-refractivity contribution in [2.24, 2.45) is 5.92 Å². The Balaban J connectivity index is 1.71. The summed E-state index contributed by atoms with van der Waals surface area (Å²) < 4.78 is 22.3. The van der Waals surface area contributed by atoms with E-state index in [9.17, 15) is 14.7 Å². The molecule has 0 saturated carbocycles. The number of hydrogen-bond acceptors (Lipinski definition) is 8. The molecule has 2 aliphatic heterocycles. The van der Waals surface area contributed by atoms with Crippen LogP contribution in [-0.4, -0.2) is 80.2 Å². The molecule has 10 heteroatoms. The van der Waals surface area contributed by atoms with Crippen LogP contribution >= 0.6 is 0 Å². The maximum Gasteiger partial charge on any atom is 0.308 e. The SMILES string of the molecule is CCCON(CCC)C(=O)CN1C[C@H](c2cc(OC)c3c(c2)OCO3)C(C(=O)O)[C@@H]1Cc1ccccc1OC. The van der Waals surface area contributed by atoms with Gasteiger partial charge in [0.25, 0.3) is 5.91 Å². The molecular weight excluding hydrogens is 504 g/mol. The highest BCUT2D eigenvalue weighted by Crippen LogP contribution is 2.47. The second-order valence-electron chi connectivity index (χ2n) is 9.77. The Hall–Kier alpha value is -3.50. The van der Waals surface area contributed by atoms with Gasteiger partial charge in [-0.25, -0.2) is 5.06 Å². The number of nitrogens with zero attached hydrogens (tertiary/aromatic N) is 2. The number of aliphatic carboxylic acids is 1. The normalized spacial score (nSPS) is 20.2. The molecule has 0 aliphatic carbocycles. The first-order valence-electron chi connectivity index (χ1n) is 13.4. The molecule has 212 valence electrons. The first kappa shape index (κ1) is 28.5. The third kappa shape index (κ3) is 6.23. The minimum Gasteiger partial charge on any atom is -0.496 e. The molecule has 2 aromatic carbocycles. The van der Waals surface area contributed by atoms with Gasteiger partial charge in [0.1, 0.15) is 5.75 Å². The molecule has 1 fully saturated rings. The summed E-state index contributed by atoms with van der Waals surface area (Å²) in [6.45, 7) is 5.34. The summed E-state index contributed by atoms with van der Waals surface area (Å²) in [4.78, 5) is 34.0. The maximum atomic E-state index is 13.4. The number of para-hydroxylation sites is 1. The molecule has 3 atom stereocenters. The Morgan fingerprint density at radius 2 is 1.85 bits per heavy atom. The highest BCUT2D eigenvalue weighted by molar-refractivity contribution is 5.78. The van der Waals surface area contributed by atoms with Crippen molar-refractivity contribution in [2.45, 2.75) is 45.1 Å². The first-order valence-corrected chi connectivity index (χ1v) is 13.4. The Kier molecular flexibility index (Phi) is 9.53. The van der Waals surface area contributed by atoms with Crippen LogP contribution < -0.4 is 18.9 Å². The van der Waals surface area contributed by atoms with Gasteiger partial charge in [-0.1, -0.05) is 32.0 Å². The molecule has 4 rings (SSSR count). The van der Waals surface area contributed by atoms with Gasteiger partial charge in [0.05, 0.1) is 33.3 Å². The van der Waals surface area contributed by atoms with Crippen molar-refractivity contribution in [3.05, 3.63) is 47.5 Å². The number of rotatable bonds is 13. The molecule has 0 spiro atoms. The van der Waals surface area contributed by atoms with Crippen molar-refractivity contribution in [2.75, 3.05) is 47.3 Å². The highest BCUT2D eigenvalue weighted by Gasteiger charge is 2.48. The second kappa shape index (κ2) is 13.0. The van der Waals surface area contributed by atoms with Crippen LogP contribution in [0.2, 0.25) is 0 Å². The Labute approximate surface area is 229 Å². The minimum atomic E-state index is -0.931. The third-order valence-corrected chi connectivity index (χ3v) is 7.26. The molecular formula is C29H38N2O8. The zero-order valence-corrected chi connectivity index (χ0v) is 23.1. The zero-order valence-electron chi connectivity index (χ0n) is 23.1. The number of carboxylic acid groups (broad SMARTS) is 1. The summed E-state index contributed by atoms with van der Waals surface area (Å²) in [5.41, 5.74) is 1.64. The molecule has 2 aliphatic rings. The van der Waals surface area contributed by atoms with Crippen LogP contribution in [0, 0.1) is 5.92 Å². The van der Waals surface area contributed by atoms with Crippen LogP contribution in [0.4, 0.5) is 0 Å². The standard InChI is InChI=1S/C29H38N2O8/c1-5-11-31(39-12-6-2)26(32)17-30-16-21(20-14-24(36-4)28-25(15-20)37-18-38-28)27(29(33)34)22(30)13-19-9-7-8-10-23(19)35-3/h7-10,14-15,21-22,27H,5-6,11-13,16-18H2,1-4H3,(H,33,34)/t21-,22+,27?/m1/s1. The van der Waals surface area contributed by atoms with Crippen LogP contribution in [0.15, 0.2) is 36.4 Å². The van der Waals surface area contributed by atoms with Gasteiger partial charge >= 0.3 is 5.97 Å². The van der Waals surface area contributed by atoms with Gasteiger partial charge in [-0.15, -0.1) is 0 Å². The number of hydroxylamine groups is 2. The number of amides is 1. The van der Waals surface area contributed by atoms with Gasteiger partial charge < -0.3 is 24.1 Å². The molecule has 10 nitrogen and oxygen atoms in total. The van der Waals surface area contributed by atoms with Crippen molar-refractivity contribution in [3.8, 4) is 23.0 Å². The van der Waals surface area contributed by atoms with Crippen molar-refractivity contribution < 1.29 is 38.5 Å². The van der Waals surface area contributed by atoms with E-state index < -0.39 is 23.8 Å². The Bertz CT molecular complexity index is 1160. The number of hydrogen-bond donors (Lipinski definition) is 1. The van der Waals surface area contributed by atoms with Crippen molar-refractivity contribution in [1.82, 2.24) is 9.96 Å². The summed E-state index contributed by atoms with van der Waals surface area (Å²) in [6, 6.07) is 10.7. The van der Waals surface area contributed by atoms with E-state index in [0.717, 1.165) is 24.0 Å². The Morgan fingerprint density at radius 3 is 2.54 bits per heavy atom. The summed E-state index contributed by atoms with van der Waals surface area (Å²) in [6.07, 6.45) is 1.93. The molecule has 2 heterocycles. The number of carboxylic acids is 1. The van der Waals surface area contributed by atoms with Gasteiger partial charge in [-0.2, -0.15) is 0 Å². The fraction of sp³-hybridized carbons (Fsp3) is 0.517. The van der Waals surface area contributed by atoms with Gasteiger partial charge in [-0.3, -0.25) is 19.3 Å². The number of benzene rings is 2. The lowest BCUT2D eigenvalue weighted by atomic mass is 9.83. The van der Waals surface area contributed by atoms with Gasteiger partial charge in [0.2, 0.25) is 12.5 Å². The second-order valence-corrected chi connectivity index (χ2v) is 9.77. The molecule has 0 aromatic heterocycles. The van der Waals surface area contributed by atoms with Crippen molar-refractivity contribution >= 4 is 11.9 Å². The average molecular weight is 543 g/mol. The number of ether oxygens (including phenoxy) is 4. The molecule has 1 unspecified atom stereocenters. The minimum absolute atomic E-state index is 0.0332. The van der Waals surface area contributed by atoms with E-state index in [0.29, 0.717) is 49.1 Å². The average Bonchev–Trinajstić information content (AvgIpc) is 3.55. The molecule has 0 bridgehead atoms.